The van der Waals surface area contributed by atoms with Crippen LogP contribution in [0.2, 0.25) is 0 Å². The number of hydrogen-bond donors (Lipinski definition) is 1. The second-order valence-corrected chi connectivity index (χ2v) is 5.57. The van der Waals surface area contributed by atoms with Gasteiger partial charge in [0, 0.05) is 18.0 Å². The van der Waals surface area contributed by atoms with Crippen molar-refractivity contribution in [3.63, 3.8) is 0 Å². The first kappa shape index (κ1) is 11.0. The van der Waals surface area contributed by atoms with Gasteiger partial charge in [0.15, 0.2) is 0 Å². The van der Waals surface area contributed by atoms with E-state index in [2.05, 4.69) is 4.98 Å². The number of nitrogens with two attached hydrogens (primary N) is 1. The van der Waals surface area contributed by atoms with E-state index in [0.29, 0.717) is 0 Å². The Kier molecular flexibility index (Phi) is 2.83. The number of fused-ring (bicyclic) bond motifs is 1. The van der Waals surface area contributed by atoms with E-state index >= 15 is 0 Å². The third-order valence-electron chi connectivity index (χ3n) is 3.02. The average molecular weight is 226 g/mol. The van der Waals surface area contributed by atoms with Gasteiger partial charge in [-0.25, -0.2) is 4.98 Å². The van der Waals surface area contributed by atoms with Crippen LogP contribution < -0.4 is 5.73 Å². The molecule has 1 heterocycles. The van der Waals surface area contributed by atoms with Crippen LogP contribution in [0.15, 0.2) is 0 Å². The lowest BCUT2D eigenvalue weighted by Crippen LogP contribution is -2.19. The van der Waals surface area contributed by atoms with Gasteiger partial charge in [-0.3, -0.25) is 0 Å². The number of aromatic nitrogens is 1. The highest BCUT2D eigenvalue weighted by molar-refractivity contribution is 7.12. The molecule has 1 aromatic heterocycles. The lowest BCUT2D eigenvalue weighted by Gasteiger charge is -2.19. The molecule has 1 atom stereocenters. The molecule has 1 aromatic rings. The van der Waals surface area contributed by atoms with Gasteiger partial charge in [-0.2, -0.15) is 0 Å². The van der Waals surface area contributed by atoms with Gasteiger partial charge in [0.25, 0.3) is 0 Å². The summed E-state index contributed by atoms with van der Waals surface area (Å²) in [4.78, 5) is 5.92. The lowest BCUT2D eigenvalue weighted by molar-refractivity contribution is 0.0189. The summed E-state index contributed by atoms with van der Waals surface area (Å²) in [6.07, 6.45) is 3.31. The molecule has 0 saturated heterocycles. The van der Waals surface area contributed by atoms with Crippen molar-refractivity contribution in [1.29, 1.82) is 0 Å². The highest BCUT2D eigenvalue weighted by Gasteiger charge is 2.29. The fourth-order valence-corrected chi connectivity index (χ4v) is 3.03. The van der Waals surface area contributed by atoms with Crippen LogP contribution >= 0.6 is 11.3 Å². The molecule has 1 aliphatic rings. The second-order valence-electron chi connectivity index (χ2n) is 4.54. The van der Waals surface area contributed by atoms with E-state index in [-0.39, 0.29) is 11.6 Å². The summed E-state index contributed by atoms with van der Waals surface area (Å²) in [5.41, 5.74) is 6.98. The monoisotopic (exact) mass is 226 g/mol. The van der Waals surface area contributed by atoms with Gasteiger partial charge >= 0.3 is 0 Å². The SMILES string of the molecule is COC(C)(C)c1nc2c(s1)C(N)CCC2. The molecule has 0 radical (unpaired) electrons. The van der Waals surface area contributed by atoms with E-state index in [1.54, 1.807) is 18.4 Å². The zero-order valence-corrected chi connectivity index (χ0v) is 10.4. The molecule has 15 heavy (non-hydrogen) atoms. The first-order chi connectivity index (χ1) is 7.04. The minimum atomic E-state index is -0.290. The van der Waals surface area contributed by atoms with E-state index in [1.807, 2.05) is 13.8 Å². The molecule has 84 valence electrons. The van der Waals surface area contributed by atoms with Gasteiger partial charge in [0.2, 0.25) is 0 Å². The Morgan fingerprint density at radius 1 is 1.53 bits per heavy atom. The summed E-state index contributed by atoms with van der Waals surface area (Å²) in [7, 11) is 1.72. The van der Waals surface area contributed by atoms with E-state index in [9.17, 15) is 0 Å². The van der Waals surface area contributed by atoms with Crippen molar-refractivity contribution in [3.8, 4) is 0 Å². The molecule has 2 rings (SSSR count). The molecule has 0 bridgehead atoms. The number of aryl methyl sites for hydroxylation is 1. The molecule has 3 nitrogen and oxygen atoms in total. The van der Waals surface area contributed by atoms with Crippen LogP contribution in [0.4, 0.5) is 0 Å². The van der Waals surface area contributed by atoms with Crippen LogP contribution in [0, 0.1) is 0 Å². The minimum Gasteiger partial charge on any atom is -0.372 e. The van der Waals surface area contributed by atoms with Crippen LogP contribution in [0.5, 0.6) is 0 Å². The Balaban J connectivity index is 2.37. The molecule has 1 aliphatic carbocycles. The van der Waals surface area contributed by atoms with Gasteiger partial charge < -0.3 is 10.5 Å². The maximum absolute atomic E-state index is 6.07. The lowest BCUT2D eigenvalue weighted by atomic mass is 9.99. The first-order valence-electron chi connectivity index (χ1n) is 5.35. The molecular weight excluding hydrogens is 208 g/mol. The van der Waals surface area contributed by atoms with Crippen molar-refractivity contribution >= 4 is 11.3 Å². The molecule has 0 aromatic carbocycles. The third kappa shape index (κ3) is 1.94. The summed E-state index contributed by atoms with van der Waals surface area (Å²) < 4.78 is 5.44. The standard InChI is InChI=1S/C11H18N2OS/c1-11(2,14-3)10-13-8-6-4-5-7(12)9(8)15-10/h7H,4-6,12H2,1-3H3. The zero-order chi connectivity index (χ0) is 11.1. The van der Waals surface area contributed by atoms with Crippen LogP contribution in [0.3, 0.4) is 0 Å². The predicted molar refractivity (Wildman–Crippen MR) is 62.0 cm³/mol. The summed E-state index contributed by atoms with van der Waals surface area (Å²) in [6, 6.07) is 0.188. The largest absolute Gasteiger partial charge is 0.372 e. The minimum absolute atomic E-state index is 0.188. The van der Waals surface area contributed by atoms with E-state index in [4.69, 9.17) is 10.5 Å². The highest BCUT2D eigenvalue weighted by Crippen LogP contribution is 2.37. The average Bonchev–Trinajstić information content (AvgIpc) is 2.64. The molecule has 0 spiro atoms. The van der Waals surface area contributed by atoms with Gasteiger partial charge in [-0.05, 0) is 33.1 Å². The van der Waals surface area contributed by atoms with Gasteiger partial charge in [-0.1, -0.05) is 0 Å². The van der Waals surface area contributed by atoms with Gasteiger partial charge in [-0.15, -0.1) is 11.3 Å². The van der Waals surface area contributed by atoms with Crippen LogP contribution in [0.25, 0.3) is 0 Å². The van der Waals surface area contributed by atoms with Crippen molar-refractivity contribution in [1.82, 2.24) is 4.98 Å². The van der Waals surface area contributed by atoms with Gasteiger partial charge in [0.1, 0.15) is 10.6 Å². The molecular formula is C11H18N2OS. The Bertz CT molecular complexity index is 359. The topological polar surface area (TPSA) is 48.1 Å². The molecule has 0 saturated carbocycles. The fourth-order valence-electron chi connectivity index (χ4n) is 1.80. The van der Waals surface area contributed by atoms with E-state index < -0.39 is 0 Å². The fraction of sp³-hybridized carbons (Fsp3) is 0.727. The van der Waals surface area contributed by atoms with Crippen LogP contribution in [-0.4, -0.2) is 12.1 Å². The van der Waals surface area contributed by atoms with Crippen molar-refractivity contribution in [2.24, 2.45) is 5.73 Å². The number of rotatable bonds is 2. The second kappa shape index (κ2) is 3.85. The number of methoxy groups -OCH3 is 1. The highest BCUT2D eigenvalue weighted by atomic mass is 32.1. The zero-order valence-electron chi connectivity index (χ0n) is 9.54. The summed E-state index contributed by atoms with van der Waals surface area (Å²) in [5, 5.41) is 1.05. The molecule has 2 N–H and O–H groups in total. The molecule has 0 fully saturated rings. The van der Waals surface area contributed by atoms with Crippen molar-refractivity contribution in [3.05, 3.63) is 15.6 Å². The number of hydrogen-bond acceptors (Lipinski definition) is 4. The first-order valence-corrected chi connectivity index (χ1v) is 6.17. The summed E-state index contributed by atoms with van der Waals surface area (Å²) >= 11 is 1.71. The maximum atomic E-state index is 6.07. The molecule has 4 heteroatoms. The van der Waals surface area contributed by atoms with Crippen molar-refractivity contribution in [2.75, 3.05) is 7.11 Å². The van der Waals surface area contributed by atoms with Crippen LogP contribution in [-0.2, 0) is 16.8 Å². The van der Waals surface area contributed by atoms with Crippen molar-refractivity contribution in [2.45, 2.75) is 44.8 Å². The van der Waals surface area contributed by atoms with Crippen LogP contribution in [0.1, 0.15) is 48.3 Å². The molecule has 1 unspecified atom stereocenters. The quantitative estimate of drug-likeness (QED) is 0.842. The Hall–Kier alpha value is -0.450. The van der Waals surface area contributed by atoms with Crippen molar-refractivity contribution < 1.29 is 4.74 Å². The summed E-state index contributed by atoms with van der Waals surface area (Å²) in [5.74, 6) is 0. The molecule has 0 amide bonds. The maximum Gasteiger partial charge on any atom is 0.125 e. The number of nitrogens with zero attached hydrogens (tertiary/aromatic N) is 1. The Morgan fingerprint density at radius 2 is 2.27 bits per heavy atom. The van der Waals surface area contributed by atoms with E-state index in [1.165, 1.54) is 10.6 Å². The number of ether oxygens (including phenoxy) is 1. The molecule has 0 aliphatic heterocycles. The predicted octanol–water partition coefficient (Wildman–Crippen LogP) is 2.36. The third-order valence-corrected chi connectivity index (χ3v) is 4.55. The Labute approximate surface area is 94.7 Å². The van der Waals surface area contributed by atoms with Gasteiger partial charge in [0.05, 0.1) is 5.69 Å². The van der Waals surface area contributed by atoms with E-state index in [0.717, 1.165) is 24.3 Å². The Morgan fingerprint density at radius 3 is 2.87 bits per heavy atom. The summed E-state index contributed by atoms with van der Waals surface area (Å²) in [6.45, 7) is 4.09. The normalized spacial score (nSPS) is 21.5. The smallest absolute Gasteiger partial charge is 0.125 e. The number of thiazole rings is 1.